The fraction of sp³-hybridized carbons (Fsp3) is 0.444. The second kappa shape index (κ2) is 10.6. The van der Waals surface area contributed by atoms with Gasteiger partial charge in [0.25, 0.3) is 15.9 Å². The molecule has 1 saturated carbocycles. The summed E-state index contributed by atoms with van der Waals surface area (Å²) < 4.78 is 33.5. The molecular weight excluding hydrogens is 532 g/mol. The molecule has 0 radical (unpaired) electrons. The van der Waals surface area contributed by atoms with Crippen molar-refractivity contribution < 1.29 is 17.9 Å². The van der Waals surface area contributed by atoms with Crippen molar-refractivity contribution in [2.75, 3.05) is 18.5 Å². The molecule has 0 spiro atoms. The molecule has 4 aromatic rings. The van der Waals surface area contributed by atoms with E-state index >= 15 is 0 Å². The zero-order valence-corrected chi connectivity index (χ0v) is 23.3. The Morgan fingerprint density at radius 1 is 1.12 bits per heavy atom. The van der Waals surface area contributed by atoms with Crippen LogP contribution < -0.4 is 10.6 Å². The number of rotatable bonds is 9. The first-order valence-corrected chi connectivity index (χ1v) is 15.1. The normalized spacial score (nSPS) is 17.1. The number of nitrogens with one attached hydrogen (secondary N) is 2. The van der Waals surface area contributed by atoms with E-state index in [0.717, 1.165) is 34.3 Å². The molecule has 6 rings (SSSR count). The fourth-order valence-electron chi connectivity index (χ4n) is 4.84. The van der Waals surface area contributed by atoms with Crippen LogP contribution in [0.3, 0.4) is 0 Å². The van der Waals surface area contributed by atoms with Crippen LogP contribution in [0.25, 0.3) is 22.3 Å². The average Bonchev–Trinajstić information content (AvgIpc) is 3.59. The lowest BCUT2D eigenvalue weighted by molar-refractivity contribution is 0.0697. The van der Waals surface area contributed by atoms with Crippen molar-refractivity contribution in [3.05, 3.63) is 48.7 Å². The van der Waals surface area contributed by atoms with Crippen LogP contribution in [0.1, 0.15) is 62.4 Å². The summed E-state index contributed by atoms with van der Waals surface area (Å²) in [5.41, 5.74) is 2.00. The second-order valence-electron chi connectivity index (χ2n) is 10.4. The maximum atomic E-state index is 13.2. The summed E-state index contributed by atoms with van der Waals surface area (Å²) in [6.45, 7) is 5.54. The van der Waals surface area contributed by atoms with Gasteiger partial charge in [-0.2, -0.15) is 9.19 Å². The molecule has 210 valence electrons. The third kappa shape index (κ3) is 5.18. The minimum absolute atomic E-state index is 0.102. The zero-order valence-electron chi connectivity index (χ0n) is 22.4. The highest BCUT2D eigenvalue weighted by Gasteiger charge is 2.37. The number of hydrogen-bond acceptors (Lipinski definition) is 9. The van der Waals surface area contributed by atoms with Gasteiger partial charge in [-0.1, -0.05) is 6.92 Å². The number of anilines is 2. The van der Waals surface area contributed by atoms with Crippen LogP contribution in [0, 0.1) is 0 Å². The minimum atomic E-state index is -3.47. The Kier molecular flexibility index (Phi) is 7.00. The van der Waals surface area contributed by atoms with Crippen LogP contribution in [-0.4, -0.2) is 67.5 Å². The second-order valence-corrected chi connectivity index (χ2v) is 12.5. The van der Waals surface area contributed by atoms with E-state index in [-0.39, 0.29) is 23.2 Å². The third-order valence-corrected chi connectivity index (χ3v) is 9.56. The Bertz CT molecular complexity index is 1650. The topological polar surface area (TPSA) is 146 Å². The van der Waals surface area contributed by atoms with Gasteiger partial charge < -0.3 is 19.9 Å². The van der Waals surface area contributed by atoms with E-state index in [9.17, 15) is 13.2 Å². The molecule has 1 aliphatic heterocycles. The van der Waals surface area contributed by atoms with E-state index in [0.29, 0.717) is 54.6 Å². The molecule has 4 aromatic heterocycles. The van der Waals surface area contributed by atoms with E-state index in [1.165, 1.54) is 12.4 Å². The number of pyridine rings is 1. The van der Waals surface area contributed by atoms with Gasteiger partial charge >= 0.3 is 0 Å². The summed E-state index contributed by atoms with van der Waals surface area (Å²) in [5.74, 6) is 1.29. The number of nitrogens with zero attached hydrogens (tertiary/aromatic N) is 6. The number of fused-ring (bicyclic) bond motifs is 1. The van der Waals surface area contributed by atoms with E-state index in [1.54, 1.807) is 18.5 Å². The van der Waals surface area contributed by atoms with Gasteiger partial charge in [-0.3, -0.25) is 4.79 Å². The van der Waals surface area contributed by atoms with Crippen LogP contribution in [0.5, 0.6) is 0 Å². The number of hydrogen-bond donors (Lipinski definition) is 2. The first-order valence-electron chi connectivity index (χ1n) is 13.6. The predicted molar refractivity (Wildman–Crippen MR) is 150 cm³/mol. The molecule has 2 fully saturated rings. The number of carbonyl (C=O) groups is 1. The van der Waals surface area contributed by atoms with Crippen molar-refractivity contribution in [2.45, 2.75) is 63.3 Å². The number of carbonyl (C=O) groups excluding carboxylic acids is 1. The van der Waals surface area contributed by atoms with Crippen LogP contribution in [-0.2, 0) is 14.8 Å². The quantitative estimate of drug-likeness (QED) is 0.311. The maximum absolute atomic E-state index is 13.2. The Labute approximate surface area is 232 Å². The van der Waals surface area contributed by atoms with Gasteiger partial charge in [-0.25, -0.2) is 23.4 Å². The number of aromatic nitrogens is 6. The van der Waals surface area contributed by atoms with Crippen molar-refractivity contribution >= 4 is 38.5 Å². The van der Waals surface area contributed by atoms with E-state index < -0.39 is 10.0 Å². The van der Waals surface area contributed by atoms with Crippen LogP contribution >= 0.6 is 0 Å². The minimum Gasteiger partial charge on any atom is -0.381 e. The summed E-state index contributed by atoms with van der Waals surface area (Å²) in [5, 5.41) is 10.8. The van der Waals surface area contributed by atoms with Gasteiger partial charge in [0.2, 0.25) is 0 Å². The van der Waals surface area contributed by atoms with Gasteiger partial charge in [0, 0.05) is 55.3 Å². The molecule has 12 nitrogen and oxygen atoms in total. The monoisotopic (exact) mass is 564 g/mol. The molecule has 40 heavy (non-hydrogen) atoms. The molecule has 1 saturated heterocycles. The Hall–Kier alpha value is -3.84. The highest BCUT2D eigenvalue weighted by molar-refractivity contribution is 7.90. The van der Waals surface area contributed by atoms with Gasteiger partial charge in [0.1, 0.15) is 11.6 Å². The standard InChI is InChI=1S/C27H32N8O4S/c1-3-17(2)34-16-22(27(36)31-19-7-10-39-11-8-19)21-14-29-25(12-23(21)34)32-24-6-9-28-26(33-24)18-13-30-35(15-18)40(37,38)20-4-5-20/h6,9,12-17,19-20H,3-5,7-8,10-11H2,1-2H3,(H,31,36)(H,28,29,32,33). The average molecular weight is 565 g/mol. The number of amides is 1. The fourth-order valence-corrected chi connectivity index (χ4v) is 6.31. The van der Waals surface area contributed by atoms with Gasteiger partial charge in [-0.15, -0.1) is 0 Å². The lowest BCUT2D eigenvalue weighted by atomic mass is 10.1. The first kappa shape index (κ1) is 26.4. The van der Waals surface area contributed by atoms with Crippen molar-refractivity contribution in [2.24, 2.45) is 0 Å². The summed E-state index contributed by atoms with van der Waals surface area (Å²) in [6, 6.07) is 3.90. The smallest absolute Gasteiger partial charge is 0.256 e. The lowest BCUT2D eigenvalue weighted by Crippen LogP contribution is -2.38. The van der Waals surface area contributed by atoms with Crippen molar-refractivity contribution in [3.8, 4) is 11.4 Å². The van der Waals surface area contributed by atoms with E-state index in [2.05, 4.69) is 49.1 Å². The van der Waals surface area contributed by atoms with Gasteiger partial charge in [0.15, 0.2) is 5.82 Å². The SMILES string of the molecule is CCC(C)n1cc(C(=O)NC2CCOCC2)c2cnc(Nc3ccnc(-c4cnn(S(=O)(=O)C5CC5)c4)n3)cc21. The van der Waals surface area contributed by atoms with Gasteiger partial charge in [-0.05, 0) is 45.1 Å². The Balaban J connectivity index is 1.26. The Morgan fingerprint density at radius 2 is 1.93 bits per heavy atom. The molecule has 13 heteroatoms. The highest BCUT2D eigenvalue weighted by atomic mass is 32.2. The molecule has 0 aromatic carbocycles. The molecular formula is C27H32N8O4S. The van der Waals surface area contributed by atoms with Crippen molar-refractivity contribution in [3.63, 3.8) is 0 Å². The molecule has 5 heterocycles. The van der Waals surface area contributed by atoms with Crippen molar-refractivity contribution in [1.82, 2.24) is 34.0 Å². The maximum Gasteiger partial charge on any atom is 0.256 e. The summed E-state index contributed by atoms with van der Waals surface area (Å²) in [7, 11) is -3.47. The molecule has 1 amide bonds. The molecule has 1 atom stereocenters. The first-order chi connectivity index (χ1) is 19.3. The molecule has 0 bridgehead atoms. The van der Waals surface area contributed by atoms with Crippen LogP contribution in [0.15, 0.2) is 43.1 Å². The van der Waals surface area contributed by atoms with Crippen LogP contribution in [0.2, 0.25) is 0 Å². The van der Waals surface area contributed by atoms with E-state index in [1.807, 2.05) is 12.3 Å². The molecule has 2 aliphatic rings. The summed E-state index contributed by atoms with van der Waals surface area (Å²) in [6.07, 6.45) is 11.9. The van der Waals surface area contributed by atoms with E-state index in [4.69, 9.17) is 4.74 Å². The molecule has 2 N–H and O–H groups in total. The van der Waals surface area contributed by atoms with Crippen molar-refractivity contribution in [1.29, 1.82) is 0 Å². The largest absolute Gasteiger partial charge is 0.381 e. The molecule has 1 unspecified atom stereocenters. The van der Waals surface area contributed by atoms with Crippen LogP contribution in [0.4, 0.5) is 11.6 Å². The highest BCUT2D eigenvalue weighted by Crippen LogP contribution is 2.31. The predicted octanol–water partition coefficient (Wildman–Crippen LogP) is 3.65. The summed E-state index contributed by atoms with van der Waals surface area (Å²) in [4.78, 5) is 26.7. The molecule has 1 aliphatic carbocycles. The summed E-state index contributed by atoms with van der Waals surface area (Å²) >= 11 is 0. The zero-order chi connectivity index (χ0) is 27.9. The van der Waals surface area contributed by atoms with Gasteiger partial charge in [0.05, 0.1) is 34.3 Å². The number of ether oxygens (including phenoxy) is 1. The third-order valence-electron chi connectivity index (χ3n) is 7.52. The lowest BCUT2D eigenvalue weighted by Gasteiger charge is -2.22. The Morgan fingerprint density at radius 3 is 2.67 bits per heavy atom.